The Kier molecular flexibility index (Phi) is 7.24. The Labute approximate surface area is 206 Å². The van der Waals surface area contributed by atoms with Crippen molar-refractivity contribution in [2.45, 2.75) is 25.5 Å². The largest absolute Gasteiger partial charge is 0.497 e. The number of aryl methyl sites for hydroxylation is 2. The third-order valence-electron chi connectivity index (χ3n) is 5.35. The highest BCUT2D eigenvalue weighted by molar-refractivity contribution is 7.99. The molecule has 0 unspecified atom stereocenters. The zero-order valence-corrected chi connectivity index (χ0v) is 20.7. The Morgan fingerprint density at radius 1 is 1.12 bits per heavy atom. The van der Waals surface area contributed by atoms with E-state index in [0.717, 1.165) is 22.4 Å². The lowest BCUT2D eigenvalue weighted by molar-refractivity contribution is -0.113. The molecule has 1 aromatic heterocycles. The highest BCUT2D eigenvalue weighted by atomic mass is 35.5. The van der Waals surface area contributed by atoms with Crippen LogP contribution in [0.15, 0.2) is 70.6 Å². The molecule has 0 aliphatic heterocycles. The van der Waals surface area contributed by atoms with Gasteiger partial charge in [-0.25, -0.2) is 4.98 Å². The van der Waals surface area contributed by atoms with E-state index in [0.29, 0.717) is 33.3 Å². The number of amides is 1. The molecule has 0 radical (unpaired) electrons. The maximum absolute atomic E-state index is 13.3. The van der Waals surface area contributed by atoms with Crippen LogP contribution in [0.25, 0.3) is 10.9 Å². The number of fused-ring (bicyclic) bond motifs is 1. The van der Waals surface area contributed by atoms with Gasteiger partial charge in [-0.05, 0) is 60.9 Å². The molecule has 0 fully saturated rings. The van der Waals surface area contributed by atoms with Crippen molar-refractivity contribution in [2.75, 3.05) is 18.2 Å². The lowest BCUT2D eigenvalue weighted by Gasteiger charge is -2.14. The van der Waals surface area contributed by atoms with E-state index in [9.17, 15) is 9.59 Å². The SMILES string of the molecule is COc1ccc(Cn2c(SCC(=O)Nc3c(C)cc(C)cc3Cl)nc3ccccc3c2=O)cc1. The van der Waals surface area contributed by atoms with Crippen LogP contribution in [0.5, 0.6) is 5.75 Å². The number of hydrogen-bond donors (Lipinski definition) is 1. The van der Waals surface area contributed by atoms with Gasteiger partial charge in [0.25, 0.3) is 5.56 Å². The van der Waals surface area contributed by atoms with Crippen LogP contribution in [-0.4, -0.2) is 28.3 Å². The quantitative estimate of drug-likeness (QED) is 0.273. The van der Waals surface area contributed by atoms with Gasteiger partial charge in [-0.15, -0.1) is 0 Å². The van der Waals surface area contributed by atoms with E-state index in [1.165, 1.54) is 11.8 Å². The maximum Gasteiger partial charge on any atom is 0.262 e. The van der Waals surface area contributed by atoms with Gasteiger partial charge in [0, 0.05) is 0 Å². The molecule has 174 valence electrons. The van der Waals surface area contributed by atoms with E-state index in [2.05, 4.69) is 10.3 Å². The third-order valence-corrected chi connectivity index (χ3v) is 6.63. The van der Waals surface area contributed by atoms with Crippen molar-refractivity contribution in [1.82, 2.24) is 9.55 Å². The second kappa shape index (κ2) is 10.3. The first kappa shape index (κ1) is 23.9. The predicted octanol–water partition coefficient (Wildman–Crippen LogP) is 5.45. The smallest absolute Gasteiger partial charge is 0.262 e. The van der Waals surface area contributed by atoms with E-state index in [1.54, 1.807) is 23.8 Å². The molecule has 0 saturated carbocycles. The van der Waals surface area contributed by atoms with Gasteiger partial charge in [-0.2, -0.15) is 0 Å². The van der Waals surface area contributed by atoms with Crippen LogP contribution < -0.4 is 15.6 Å². The van der Waals surface area contributed by atoms with Gasteiger partial charge < -0.3 is 10.1 Å². The lowest BCUT2D eigenvalue weighted by atomic mass is 10.1. The minimum atomic E-state index is -0.225. The number of halogens is 1. The number of benzene rings is 3. The van der Waals surface area contributed by atoms with Crippen molar-refractivity contribution in [1.29, 1.82) is 0 Å². The minimum absolute atomic E-state index is 0.0804. The van der Waals surface area contributed by atoms with Crippen LogP contribution in [0.2, 0.25) is 5.02 Å². The average molecular weight is 494 g/mol. The summed E-state index contributed by atoms with van der Waals surface area (Å²) in [6, 6.07) is 18.5. The average Bonchev–Trinajstić information content (AvgIpc) is 2.82. The summed E-state index contributed by atoms with van der Waals surface area (Å²) in [6.45, 7) is 4.18. The predicted molar refractivity (Wildman–Crippen MR) is 138 cm³/mol. The monoisotopic (exact) mass is 493 g/mol. The van der Waals surface area contributed by atoms with Crippen molar-refractivity contribution in [3.05, 3.63) is 92.7 Å². The summed E-state index contributed by atoms with van der Waals surface area (Å²) in [7, 11) is 1.61. The van der Waals surface area contributed by atoms with Gasteiger partial charge >= 0.3 is 0 Å². The number of thioether (sulfide) groups is 1. The van der Waals surface area contributed by atoms with Crippen molar-refractivity contribution < 1.29 is 9.53 Å². The van der Waals surface area contributed by atoms with Crippen molar-refractivity contribution in [3.8, 4) is 5.75 Å². The van der Waals surface area contributed by atoms with Crippen LogP contribution in [0.4, 0.5) is 5.69 Å². The van der Waals surface area contributed by atoms with Gasteiger partial charge in [-0.1, -0.05) is 53.7 Å². The first-order valence-electron chi connectivity index (χ1n) is 10.7. The van der Waals surface area contributed by atoms with Crippen molar-refractivity contribution in [2.24, 2.45) is 0 Å². The fourth-order valence-electron chi connectivity index (χ4n) is 3.69. The van der Waals surface area contributed by atoms with Gasteiger partial charge in [0.15, 0.2) is 5.16 Å². The Balaban J connectivity index is 1.61. The number of para-hydroxylation sites is 1. The second-order valence-corrected chi connectivity index (χ2v) is 9.28. The molecule has 1 N–H and O–H groups in total. The maximum atomic E-state index is 13.3. The van der Waals surface area contributed by atoms with Gasteiger partial charge in [-0.3, -0.25) is 14.2 Å². The zero-order chi connectivity index (χ0) is 24.2. The summed E-state index contributed by atoms with van der Waals surface area (Å²) in [6.07, 6.45) is 0. The molecule has 0 atom stereocenters. The van der Waals surface area contributed by atoms with E-state index in [1.807, 2.05) is 62.4 Å². The summed E-state index contributed by atoms with van der Waals surface area (Å²) >= 11 is 7.55. The summed E-state index contributed by atoms with van der Waals surface area (Å²) < 4.78 is 6.83. The van der Waals surface area contributed by atoms with Crippen LogP contribution in [0.3, 0.4) is 0 Å². The molecule has 0 bridgehead atoms. The molecule has 4 rings (SSSR count). The molecule has 4 aromatic rings. The number of carbonyl (C=O) groups is 1. The molecule has 0 spiro atoms. The molecule has 6 nitrogen and oxygen atoms in total. The number of rotatable bonds is 7. The third kappa shape index (κ3) is 5.26. The van der Waals surface area contributed by atoms with E-state index in [4.69, 9.17) is 16.3 Å². The molecule has 1 heterocycles. The number of methoxy groups -OCH3 is 1. The first-order valence-corrected chi connectivity index (χ1v) is 12.0. The van der Waals surface area contributed by atoms with Gasteiger partial charge in [0.05, 0.1) is 41.0 Å². The standard InChI is InChI=1S/C26H24ClN3O3S/c1-16-12-17(2)24(21(27)13-16)29-23(31)15-34-26-28-22-7-5-4-6-20(22)25(32)30(26)14-18-8-10-19(33-3)11-9-18/h4-13H,14-15H2,1-3H3,(H,29,31). The molecule has 0 aliphatic carbocycles. The normalized spacial score (nSPS) is 10.9. The van der Waals surface area contributed by atoms with Crippen molar-refractivity contribution >= 4 is 45.9 Å². The number of nitrogens with zero attached hydrogens (tertiary/aromatic N) is 2. The molecule has 0 aliphatic rings. The highest BCUT2D eigenvalue weighted by Crippen LogP contribution is 2.28. The lowest BCUT2D eigenvalue weighted by Crippen LogP contribution is -2.25. The first-order chi connectivity index (χ1) is 16.4. The molecule has 8 heteroatoms. The van der Waals surface area contributed by atoms with Gasteiger partial charge in [0.2, 0.25) is 5.91 Å². The Hall–Kier alpha value is -3.29. The molecular weight excluding hydrogens is 470 g/mol. The van der Waals surface area contributed by atoms with Crippen LogP contribution in [0.1, 0.15) is 16.7 Å². The minimum Gasteiger partial charge on any atom is -0.497 e. The number of hydrogen-bond acceptors (Lipinski definition) is 5. The number of carbonyl (C=O) groups excluding carboxylic acids is 1. The topological polar surface area (TPSA) is 73.2 Å². The van der Waals surface area contributed by atoms with Crippen LogP contribution in [0, 0.1) is 13.8 Å². The number of anilines is 1. The Morgan fingerprint density at radius 3 is 2.56 bits per heavy atom. The van der Waals surface area contributed by atoms with Crippen molar-refractivity contribution in [3.63, 3.8) is 0 Å². The van der Waals surface area contributed by atoms with E-state index in [-0.39, 0.29) is 17.2 Å². The highest BCUT2D eigenvalue weighted by Gasteiger charge is 2.15. The summed E-state index contributed by atoms with van der Waals surface area (Å²) in [4.78, 5) is 30.7. The molecule has 34 heavy (non-hydrogen) atoms. The molecule has 0 saturated heterocycles. The van der Waals surface area contributed by atoms with E-state index >= 15 is 0 Å². The van der Waals surface area contributed by atoms with Crippen LogP contribution >= 0.6 is 23.4 Å². The summed E-state index contributed by atoms with van der Waals surface area (Å²) in [5.41, 5.74) is 3.88. The molecule has 3 aromatic carbocycles. The Morgan fingerprint density at radius 2 is 1.85 bits per heavy atom. The molecular formula is C26H24ClN3O3S. The number of ether oxygens (including phenoxy) is 1. The zero-order valence-electron chi connectivity index (χ0n) is 19.1. The summed E-state index contributed by atoms with van der Waals surface area (Å²) in [5.74, 6) is 0.596. The van der Waals surface area contributed by atoms with Crippen LogP contribution in [-0.2, 0) is 11.3 Å². The Bertz CT molecular complexity index is 1390. The number of aromatic nitrogens is 2. The second-order valence-electron chi connectivity index (χ2n) is 7.93. The molecule has 1 amide bonds. The van der Waals surface area contributed by atoms with Gasteiger partial charge in [0.1, 0.15) is 5.75 Å². The number of nitrogens with one attached hydrogen (secondary N) is 1. The van der Waals surface area contributed by atoms with E-state index < -0.39 is 0 Å². The fraction of sp³-hybridized carbons (Fsp3) is 0.192. The fourth-order valence-corrected chi connectivity index (χ4v) is 4.86. The summed E-state index contributed by atoms with van der Waals surface area (Å²) in [5, 5.41) is 4.39.